The SMILES string of the molecule is CC(=O)C(C)NS(=O)(=O)CS(C)(=O)=O. The number of sulfone groups is 1. The molecule has 6 nitrogen and oxygen atoms in total. The van der Waals surface area contributed by atoms with Crippen molar-refractivity contribution in [2.24, 2.45) is 0 Å². The van der Waals surface area contributed by atoms with Crippen molar-refractivity contribution in [1.82, 2.24) is 4.72 Å². The quantitative estimate of drug-likeness (QED) is 0.660. The number of sulfonamides is 1. The third-order valence-corrected chi connectivity index (χ3v) is 5.00. The van der Waals surface area contributed by atoms with Crippen molar-refractivity contribution in [1.29, 1.82) is 0 Å². The van der Waals surface area contributed by atoms with Gasteiger partial charge in [-0.2, -0.15) is 0 Å². The molecule has 1 atom stereocenters. The number of Topliss-reactive ketones (excluding diaryl/α,β-unsaturated/α-hetero) is 1. The summed E-state index contributed by atoms with van der Waals surface area (Å²) in [6.07, 6.45) is 0.810. The average molecular weight is 243 g/mol. The molecule has 84 valence electrons. The second-order valence-electron chi connectivity index (χ2n) is 3.11. The van der Waals surface area contributed by atoms with Gasteiger partial charge >= 0.3 is 0 Å². The first-order valence-electron chi connectivity index (χ1n) is 3.72. The molecule has 0 bridgehead atoms. The fourth-order valence-corrected chi connectivity index (χ4v) is 3.90. The topological polar surface area (TPSA) is 97.4 Å². The van der Waals surface area contributed by atoms with Gasteiger partial charge in [0.15, 0.2) is 14.9 Å². The van der Waals surface area contributed by atoms with E-state index in [1.165, 1.54) is 13.8 Å². The van der Waals surface area contributed by atoms with Gasteiger partial charge in [-0.15, -0.1) is 0 Å². The average Bonchev–Trinajstić information content (AvgIpc) is 1.78. The third-order valence-electron chi connectivity index (χ3n) is 1.34. The molecular weight excluding hydrogens is 230 g/mol. The van der Waals surface area contributed by atoms with E-state index in [-0.39, 0.29) is 5.78 Å². The molecule has 0 aromatic rings. The minimum Gasteiger partial charge on any atom is -0.298 e. The van der Waals surface area contributed by atoms with Gasteiger partial charge in [0.1, 0.15) is 5.78 Å². The lowest BCUT2D eigenvalue weighted by Crippen LogP contribution is -2.40. The summed E-state index contributed by atoms with van der Waals surface area (Å²) in [5.74, 6) is -0.373. The van der Waals surface area contributed by atoms with E-state index < -0.39 is 31.0 Å². The Balaban J connectivity index is 4.61. The van der Waals surface area contributed by atoms with E-state index in [9.17, 15) is 21.6 Å². The predicted octanol–water partition coefficient (Wildman–Crippen LogP) is -1.11. The number of carbonyl (C=O) groups excluding carboxylic acids is 1. The number of carbonyl (C=O) groups is 1. The van der Waals surface area contributed by atoms with Gasteiger partial charge in [0.25, 0.3) is 0 Å². The summed E-state index contributed by atoms with van der Waals surface area (Å²) in [5.41, 5.74) is 0. The molecule has 8 heteroatoms. The van der Waals surface area contributed by atoms with Crippen molar-refractivity contribution >= 4 is 25.6 Å². The summed E-state index contributed by atoms with van der Waals surface area (Å²) in [4.78, 5) is 10.7. The molecule has 1 N–H and O–H groups in total. The maximum Gasteiger partial charge on any atom is 0.226 e. The van der Waals surface area contributed by atoms with Crippen LogP contribution < -0.4 is 4.72 Å². The molecule has 0 saturated carbocycles. The van der Waals surface area contributed by atoms with Crippen LogP contribution >= 0.6 is 0 Å². The summed E-state index contributed by atoms with van der Waals surface area (Å²) < 4.78 is 45.6. The smallest absolute Gasteiger partial charge is 0.226 e. The van der Waals surface area contributed by atoms with Crippen molar-refractivity contribution in [2.75, 3.05) is 11.3 Å². The first kappa shape index (κ1) is 13.5. The van der Waals surface area contributed by atoms with Crippen LogP contribution in [-0.4, -0.2) is 40.0 Å². The summed E-state index contributed by atoms with van der Waals surface area (Å²) in [6.45, 7) is 2.57. The molecule has 0 radical (unpaired) electrons. The molecule has 0 aromatic carbocycles. The van der Waals surface area contributed by atoms with Crippen LogP contribution in [0.1, 0.15) is 13.8 Å². The molecule has 0 heterocycles. The summed E-state index contributed by atoms with van der Waals surface area (Å²) >= 11 is 0. The largest absolute Gasteiger partial charge is 0.298 e. The first-order valence-corrected chi connectivity index (χ1v) is 7.43. The predicted molar refractivity (Wildman–Crippen MR) is 51.9 cm³/mol. The zero-order chi connectivity index (χ0) is 11.6. The van der Waals surface area contributed by atoms with E-state index in [1.54, 1.807) is 0 Å². The number of hydrogen-bond donors (Lipinski definition) is 1. The van der Waals surface area contributed by atoms with Crippen LogP contribution in [0.15, 0.2) is 0 Å². The Labute approximate surface area is 83.7 Å². The Morgan fingerprint density at radius 3 is 2.00 bits per heavy atom. The lowest BCUT2D eigenvalue weighted by Gasteiger charge is -2.09. The molecule has 0 fully saturated rings. The van der Waals surface area contributed by atoms with E-state index in [1.807, 2.05) is 4.72 Å². The van der Waals surface area contributed by atoms with E-state index in [0.29, 0.717) is 0 Å². The van der Waals surface area contributed by atoms with E-state index in [4.69, 9.17) is 0 Å². The Morgan fingerprint density at radius 1 is 1.29 bits per heavy atom. The van der Waals surface area contributed by atoms with Crippen LogP contribution in [0.25, 0.3) is 0 Å². The van der Waals surface area contributed by atoms with E-state index in [2.05, 4.69) is 0 Å². The normalized spacial score (nSPS) is 15.1. The third kappa shape index (κ3) is 6.06. The van der Waals surface area contributed by atoms with E-state index >= 15 is 0 Å². The number of rotatable bonds is 5. The van der Waals surface area contributed by atoms with Crippen LogP contribution in [0.3, 0.4) is 0 Å². The number of nitrogens with one attached hydrogen (secondary N) is 1. The molecule has 0 rings (SSSR count). The minimum absolute atomic E-state index is 0.373. The van der Waals surface area contributed by atoms with Gasteiger partial charge in [-0.25, -0.2) is 21.6 Å². The molecule has 0 aliphatic rings. The van der Waals surface area contributed by atoms with Gasteiger partial charge < -0.3 is 0 Å². The highest BCUT2D eigenvalue weighted by Gasteiger charge is 2.21. The molecule has 0 aliphatic carbocycles. The van der Waals surface area contributed by atoms with Crippen LogP contribution in [-0.2, 0) is 24.7 Å². The van der Waals surface area contributed by atoms with Crippen molar-refractivity contribution in [3.8, 4) is 0 Å². The lowest BCUT2D eigenvalue weighted by atomic mass is 10.3. The summed E-state index contributed by atoms with van der Waals surface area (Å²) in [5, 5.41) is -1.00. The molecule has 0 amide bonds. The van der Waals surface area contributed by atoms with Crippen molar-refractivity contribution in [2.45, 2.75) is 19.9 Å². The molecule has 1 unspecified atom stereocenters. The Morgan fingerprint density at radius 2 is 1.71 bits per heavy atom. The Bertz CT molecular complexity index is 408. The maximum absolute atomic E-state index is 11.1. The molecule has 0 saturated heterocycles. The molecular formula is C6H13NO5S2. The second-order valence-corrected chi connectivity index (χ2v) is 7.37. The van der Waals surface area contributed by atoms with Gasteiger partial charge in [-0.3, -0.25) is 4.79 Å². The van der Waals surface area contributed by atoms with Crippen LogP contribution in [0.5, 0.6) is 0 Å². The maximum atomic E-state index is 11.1. The van der Waals surface area contributed by atoms with Crippen molar-refractivity contribution < 1.29 is 21.6 Å². The molecule has 0 aliphatic heterocycles. The van der Waals surface area contributed by atoms with Crippen molar-refractivity contribution in [3.63, 3.8) is 0 Å². The summed E-state index contributed by atoms with van der Waals surface area (Å²) in [7, 11) is -7.56. The minimum atomic E-state index is -3.94. The highest BCUT2D eigenvalue weighted by Crippen LogP contribution is 1.95. The fraction of sp³-hybridized carbons (Fsp3) is 0.833. The monoisotopic (exact) mass is 243 g/mol. The molecule has 0 aromatic heterocycles. The van der Waals surface area contributed by atoms with Crippen molar-refractivity contribution in [3.05, 3.63) is 0 Å². The van der Waals surface area contributed by atoms with Crippen LogP contribution in [0.4, 0.5) is 0 Å². The van der Waals surface area contributed by atoms with E-state index in [0.717, 1.165) is 6.26 Å². The summed E-state index contributed by atoms with van der Waals surface area (Å²) in [6, 6.07) is -0.901. The van der Waals surface area contributed by atoms with Gasteiger partial charge in [-0.1, -0.05) is 0 Å². The highest BCUT2D eigenvalue weighted by molar-refractivity contribution is 8.06. The van der Waals surface area contributed by atoms with Gasteiger partial charge in [0.05, 0.1) is 6.04 Å². The van der Waals surface area contributed by atoms with Gasteiger partial charge in [0, 0.05) is 6.26 Å². The lowest BCUT2D eigenvalue weighted by molar-refractivity contribution is -0.118. The first-order chi connectivity index (χ1) is 6.03. The highest BCUT2D eigenvalue weighted by atomic mass is 32.3. The van der Waals surface area contributed by atoms with Crippen LogP contribution in [0.2, 0.25) is 0 Å². The fourth-order valence-electron chi connectivity index (χ4n) is 0.668. The zero-order valence-corrected chi connectivity index (χ0v) is 9.78. The van der Waals surface area contributed by atoms with Crippen LogP contribution in [0, 0.1) is 0 Å². The molecule has 0 spiro atoms. The Kier molecular flexibility index (Phi) is 4.22. The number of ketones is 1. The molecule has 14 heavy (non-hydrogen) atoms. The van der Waals surface area contributed by atoms with Gasteiger partial charge in [-0.05, 0) is 13.8 Å². The number of hydrogen-bond acceptors (Lipinski definition) is 5. The second kappa shape index (κ2) is 4.37. The standard InChI is InChI=1S/C6H13NO5S2/c1-5(6(2)8)7-14(11,12)4-13(3,9)10/h5,7H,4H2,1-3H3. The Hall–Kier alpha value is -0.470. The zero-order valence-electron chi connectivity index (χ0n) is 8.14. The van der Waals surface area contributed by atoms with Gasteiger partial charge in [0.2, 0.25) is 10.0 Å².